The van der Waals surface area contributed by atoms with Gasteiger partial charge in [-0.05, 0) is 22.3 Å². The van der Waals surface area contributed by atoms with Crippen LogP contribution < -0.4 is 21.6 Å². The van der Waals surface area contributed by atoms with E-state index in [1.807, 2.05) is 12.1 Å². The second-order valence-electron chi connectivity index (χ2n) is 11.1. The smallest absolute Gasteiger partial charge is 0.330 e. The Morgan fingerprint density at radius 2 is 1.62 bits per heavy atom. The Bertz CT molecular complexity index is 1390. The van der Waals surface area contributed by atoms with E-state index in [9.17, 15) is 9.59 Å². The molecule has 1 aromatic heterocycles. The summed E-state index contributed by atoms with van der Waals surface area (Å²) in [5.41, 5.74) is -0.432. The van der Waals surface area contributed by atoms with E-state index in [1.54, 1.807) is 35.9 Å². The number of ether oxygens (including phenoxy) is 1. The summed E-state index contributed by atoms with van der Waals surface area (Å²) >= 11 is 8.50. The lowest BCUT2D eigenvalue weighted by Crippen LogP contribution is -2.67. The quantitative estimate of drug-likeness (QED) is 0.201. The summed E-state index contributed by atoms with van der Waals surface area (Å²) < 4.78 is 21.9. The van der Waals surface area contributed by atoms with Gasteiger partial charge in [0.25, 0.3) is 13.9 Å². The second-order valence-corrected chi connectivity index (χ2v) is 26.5. The molecule has 0 aliphatic carbocycles. The highest BCUT2D eigenvalue weighted by atomic mass is 33.4. The summed E-state index contributed by atoms with van der Waals surface area (Å²) in [7, 11) is -2.81. The van der Waals surface area contributed by atoms with Crippen LogP contribution in [0.2, 0.25) is 5.04 Å². The first-order valence-electron chi connectivity index (χ1n) is 13.3. The largest absolute Gasteiger partial charge is 0.405 e. The fourth-order valence-electron chi connectivity index (χ4n) is 5.48. The van der Waals surface area contributed by atoms with Crippen LogP contribution in [0.1, 0.15) is 39.0 Å². The minimum absolute atomic E-state index is 0.189. The monoisotopic (exact) mass is 635 g/mol. The molecule has 12 heteroatoms. The molecule has 0 amide bonds. The molecule has 0 radical (unpaired) electrons. The van der Waals surface area contributed by atoms with E-state index in [1.165, 1.54) is 14.9 Å². The highest BCUT2D eigenvalue weighted by Gasteiger charge is 2.54. The normalized spacial score (nSPS) is 23.0. The lowest BCUT2D eigenvalue weighted by molar-refractivity contribution is -0.0373. The van der Waals surface area contributed by atoms with E-state index in [-0.39, 0.29) is 11.1 Å². The first-order valence-corrected chi connectivity index (χ1v) is 21.3. The lowest BCUT2D eigenvalue weighted by Gasteiger charge is -2.43. The van der Waals surface area contributed by atoms with E-state index >= 15 is 0 Å². The maximum absolute atomic E-state index is 12.8. The Labute approximate surface area is 250 Å². The van der Waals surface area contributed by atoms with Crippen molar-refractivity contribution in [3.05, 3.63) is 93.3 Å². The average Bonchev–Trinajstić information content (AvgIpc) is 3.53. The van der Waals surface area contributed by atoms with Crippen molar-refractivity contribution in [2.45, 2.75) is 57.6 Å². The molecular formula is C28H36N2O5PS3Si+. The molecule has 3 heterocycles. The van der Waals surface area contributed by atoms with Crippen LogP contribution in [0, 0.1) is 6.92 Å². The Balaban J connectivity index is 1.51. The summed E-state index contributed by atoms with van der Waals surface area (Å²) in [4.78, 5) is 27.2. The number of nitrogens with one attached hydrogen (secondary N) is 1. The van der Waals surface area contributed by atoms with Crippen molar-refractivity contribution in [2.75, 3.05) is 18.1 Å². The van der Waals surface area contributed by atoms with Gasteiger partial charge in [0.2, 0.25) is 0 Å². The standard InChI is InChI=1S/C28H35N2O5PS3Si/c1-20-18-30(27(32)29-26(20)31)25-17-23(35-36(37)38-15-16-39-36)24(34-25)19-33-40(28(2,3)4,21-11-7-5-8-12-21)22-13-9-6-10-14-22/h5-14,18,23-25,37H,15-17,19H2,1-4H3/p+1/t23-,24+,25+/m0/s1. The molecule has 0 spiro atoms. The first kappa shape index (κ1) is 30.2. The van der Waals surface area contributed by atoms with Gasteiger partial charge < -0.3 is 9.16 Å². The Hall–Kier alpha value is -1.30. The molecule has 7 nitrogen and oxygen atoms in total. The third kappa shape index (κ3) is 6.08. The first-order chi connectivity index (χ1) is 19.0. The van der Waals surface area contributed by atoms with Crippen molar-refractivity contribution >= 4 is 58.8 Å². The van der Waals surface area contributed by atoms with Crippen molar-refractivity contribution in [3.63, 3.8) is 0 Å². The van der Waals surface area contributed by atoms with Gasteiger partial charge >= 0.3 is 10.8 Å². The number of benzene rings is 2. The third-order valence-corrected chi connectivity index (χ3v) is 22.4. The van der Waals surface area contributed by atoms with Crippen molar-refractivity contribution in [3.8, 4) is 0 Å². The van der Waals surface area contributed by atoms with Crippen molar-refractivity contribution in [1.29, 1.82) is 0 Å². The number of aromatic nitrogens is 2. The predicted octanol–water partition coefficient (Wildman–Crippen LogP) is 5.18. The Morgan fingerprint density at radius 1 is 1.05 bits per heavy atom. The summed E-state index contributed by atoms with van der Waals surface area (Å²) in [6.45, 7) is 8.71. The van der Waals surface area contributed by atoms with Crippen LogP contribution in [0.4, 0.5) is 0 Å². The van der Waals surface area contributed by atoms with E-state index in [4.69, 9.17) is 25.9 Å². The number of rotatable bonds is 8. The molecule has 0 unspecified atom stereocenters. The minimum atomic E-state index is -2.81. The van der Waals surface area contributed by atoms with Crippen LogP contribution >= 0.6 is 40.1 Å². The number of H-pyrrole nitrogens is 1. The molecule has 2 fully saturated rings. The van der Waals surface area contributed by atoms with Crippen LogP contribution in [0.25, 0.3) is 0 Å². The van der Waals surface area contributed by atoms with E-state index < -0.39 is 37.0 Å². The SMILES string of the molecule is Cc1cn([C@H]2C[C@H](O[P+]3(S)SCCS3)[C@@H](CO[Si](c3ccccc3)(c3ccccc3)C(C)(C)C)O2)c(=O)[nH]c1=O. The van der Waals surface area contributed by atoms with Crippen molar-refractivity contribution < 1.29 is 13.7 Å². The minimum Gasteiger partial charge on any atom is -0.405 e. The van der Waals surface area contributed by atoms with Gasteiger partial charge in [0.15, 0.2) is 0 Å². The van der Waals surface area contributed by atoms with Crippen LogP contribution in [0.5, 0.6) is 0 Å². The number of aromatic amines is 1. The van der Waals surface area contributed by atoms with E-state index in [0.717, 1.165) is 11.5 Å². The molecule has 40 heavy (non-hydrogen) atoms. The van der Waals surface area contributed by atoms with E-state index in [0.29, 0.717) is 18.6 Å². The summed E-state index contributed by atoms with van der Waals surface area (Å²) in [5, 5.41) is 0.179. The number of hydrogen-bond donors (Lipinski definition) is 2. The topological polar surface area (TPSA) is 82.6 Å². The summed E-state index contributed by atoms with van der Waals surface area (Å²) in [6.07, 6.45) is 0.712. The fourth-order valence-corrected chi connectivity index (χ4v) is 19.7. The third-order valence-electron chi connectivity index (χ3n) is 7.38. The molecule has 5 rings (SSSR count). The second kappa shape index (κ2) is 12.1. The molecule has 3 atom stereocenters. The molecule has 3 aromatic rings. The van der Waals surface area contributed by atoms with Gasteiger partial charge in [-0.15, -0.1) is 0 Å². The van der Waals surface area contributed by atoms with Gasteiger partial charge in [0, 0.05) is 29.7 Å². The molecule has 2 aromatic carbocycles. The molecular weight excluding hydrogens is 600 g/mol. The van der Waals surface area contributed by atoms with Crippen LogP contribution in [0.3, 0.4) is 0 Å². The number of aryl methyl sites for hydroxylation is 1. The van der Waals surface area contributed by atoms with Gasteiger partial charge in [-0.3, -0.25) is 14.3 Å². The van der Waals surface area contributed by atoms with Crippen molar-refractivity contribution in [1.82, 2.24) is 9.55 Å². The summed E-state index contributed by atoms with van der Waals surface area (Å²) in [5.74, 6) is 2.00. The number of thiol groups is 1. The zero-order valence-electron chi connectivity index (χ0n) is 23.1. The van der Waals surface area contributed by atoms with Gasteiger partial charge in [-0.2, -0.15) is 4.52 Å². The highest BCUT2D eigenvalue weighted by Crippen LogP contribution is 2.87. The van der Waals surface area contributed by atoms with Crippen molar-refractivity contribution in [2.24, 2.45) is 0 Å². The maximum atomic E-state index is 12.8. The maximum Gasteiger partial charge on any atom is 0.330 e. The molecule has 214 valence electrons. The van der Waals surface area contributed by atoms with E-state index in [2.05, 4.69) is 74.3 Å². The van der Waals surface area contributed by atoms with Crippen LogP contribution in [-0.2, 0) is 13.7 Å². The molecule has 2 aliphatic rings. The Morgan fingerprint density at radius 3 is 2.17 bits per heavy atom. The molecule has 0 bridgehead atoms. The molecule has 1 N–H and O–H groups in total. The highest BCUT2D eigenvalue weighted by molar-refractivity contribution is 9.15. The zero-order valence-corrected chi connectivity index (χ0v) is 27.5. The molecule has 0 saturated carbocycles. The average molecular weight is 636 g/mol. The fraction of sp³-hybridized carbons (Fsp3) is 0.429. The van der Waals surface area contributed by atoms with Crippen LogP contribution in [-0.4, -0.2) is 48.2 Å². The Kier molecular flexibility index (Phi) is 9.15. The van der Waals surface area contributed by atoms with Crippen LogP contribution in [0.15, 0.2) is 76.4 Å². The predicted molar refractivity (Wildman–Crippen MR) is 174 cm³/mol. The lowest BCUT2D eigenvalue weighted by atomic mass is 10.2. The number of hydrogen-bond acceptors (Lipinski definition) is 8. The van der Waals surface area contributed by atoms with Gasteiger partial charge in [0.05, 0.1) is 41.6 Å². The van der Waals surface area contributed by atoms with Gasteiger partial charge in [-0.1, -0.05) is 81.4 Å². The summed E-state index contributed by atoms with van der Waals surface area (Å²) in [6, 6.07) is 21.0. The zero-order chi connectivity index (χ0) is 28.5. The number of nitrogens with zero attached hydrogens (tertiary/aromatic N) is 1. The van der Waals surface area contributed by atoms with Gasteiger partial charge in [0.1, 0.15) is 18.4 Å². The van der Waals surface area contributed by atoms with Gasteiger partial charge in [-0.25, -0.2) is 4.79 Å². The molecule has 2 saturated heterocycles. The molecule has 2 aliphatic heterocycles.